The first-order valence-electron chi connectivity index (χ1n) is 5.02. The van der Waals surface area contributed by atoms with Crippen molar-refractivity contribution >= 4 is 28.0 Å². The molecule has 0 heterocycles. The fraction of sp³-hybridized carbons (Fsp3) is 0.200. The first-order chi connectivity index (χ1) is 8.86. The Hall–Kier alpha value is -2.29. The van der Waals surface area contributed by atoms with Gasteiger partial charge in [-0.1, -0.05) is 18.2 Å². The zero-order chi connectivity index (χ0) is 14.5. The SMILES string of the molecule is COC(=O)NS(=O)(=O)N(CC(=O)O)c1ccccc1. The van der Waals surface area contributed by atoms with Crippen LogP contribution in [0, 0.1) is 0 Å². The van der Waals surface area contributed by atoms with Gasteiger partial charge in [-0.25, -0.2) is 13.8 Å². The summed E-state index contributed by atoms with van der Waals surface area (Å²) in [7, 11) is -3.36. The Kier molecular flexibility index (Phi) is 4.70. The lowest BCUT2D eigenvalue weighted by Gasteiger charge is -2.22. The number of rotatable bonds is 5. The van der Waals surface area contributed by atoms with Gasteiger partial charge in [0.2, 0.25) is 0 Å². The van der Waals surface area contributed by atoms with E-state index in [1.807, 2.05) is 0 Å². The number of nitrogens with one attached hydrogen (secondary N) is 1. The maximum absolute atomic E-state index is 11.9. The molecule has 1 amide bonds. The number of carbonyl (C=O) groups excluding carboxylic acids is 1. The summed E-state index contributed by atoms with van der Waals surface area (Å²) < 4.78 is 30.1. The zero-order valence-electron chi connectivity index (χ0n) is 9.94. The van der Waals surface area contributed by atoms with Crippen LogP contribution in [0.5, 0.6) is 0 Å². The number of methoxy groups -OCH3 is 1. The average molecular weight is 288 g/mol. The van der Waals surface area contributed by atoms with Gasteiger partial charge in [-0.15, -0.1) is 0 Å². The Morgan fingerprint density at radius 2 is 1.89 bits per heavy atom. The molecule has 2 N–H and O–H groups in total. The van der Waals surface area contributed by atoms with E-state index >= 15 is 0 Å². The topological polar surface area (TPSA) is 113 Å². The minimum Gasteiger partial charge on any atom is -0.480 e. The Bertz CT molecular complexity index is 557. The summed E-state index contributed by atoms with van der Waals surface area (Å²) in [5.41, 5.74) is 0.112. The van der Waals surface area contributed by atoms with Gasteiger partial charge in [0.15, 0.2) is 0 Å². The number of anilines is 1. The highest BCUT2D eigenvalue weighted by Gasteiger charge is 2.26. The van der Waals surface area contributed by atoms with Crippen LogP contribution >= 0.6 is 0 Å². The number of carboxylic acid groups (broad SMARTS) is 1. The van der Waals surface area contributed by atoms with Crippen LogP contribution in [-0.4, -0.2) is 39.2 Å². The lowest BCUT2D eigenvalue weighted by Crippen LogP contribution is -2.45. The Balaban J connectivity index is 3.11. The molecule has 8 nitrogen and oxygen atoms in total. The molecule has 0 radical (unpaired) electrons. The molecule has 1 aromatic rings. The van der Waals surface area contributed by atoms with E-state index in [1.165, 1.54) is 24.3 Å². The summed E-state index contributed by atoms with van der Waals surface area (Å²) in [4.78, 5) is 21.7. The van der Waals surface area contributed by atoms with Crippen LogP contribution in [0.2, 0.25) is 0 Å². The van der Waals surface area contributed by atoms with Crippen LogP contribution in [0.4, 0.5) is 10.5 Å². The van der Waals surface area contributed by atoms with Crippen LogP contribution in [0.25, 0.3) is 0 Å². The molecule has 19 heavy (non-hydrogen) atoms. The lowest BCUT2D eigenvalue weighted by atomic mass is 10.3. The monoisotopic (exact) mass is 288 g/mol. The van der Waals surface area contributed by atoms with Crippen molar-refractivity contribution in [1.82, 2.24) is 4.72 Å². The van der Waals surface area contributed by atoms with E-state index in [2.05, 4.69) is 4.74 Å². The number of aliphatic carboxylic acids is 1. The molecular formula is C10H12N2O6S. The number of hydrogen-bond acceptors (Lipinski definition) is 5. The summed E-state index contributed by atoms with van der Waals surface area (Å²) in [6, 6.07) is 7.53. The van der Waals surface area contributed by atoms with Gasteiger partial charge in [0, 0.05) is 0 Å². The predicted molar refractivity (Wildman–Crippen MR) is 65.9 cm³/mol. The number of amides is 1. The largest absolute Gasteiger partial charge is 0.480 e. The van der Waals surface area contributed by atoms with Gasteiger partial charge < -0.3 is 9.84 Å². The molecule has 0 fully saturated rings. The molecule has 0 saturated heterocycles. The van der Waals surface area contributed by atoms with Crippen LogP contribution in [0.15, 0.2) is 30.3 Å². The number of nitrogens with zero attached hydrogens (tertiary/aromatic N) is 1. The third-order valence-corrected chi connectivity index (χ3v) is 3.36. The van der Waals surface area contributed by atoms with Crippen molar-refractivity contribution in [3.05, 3.63) is 30.3 Å². The number of carbonyl (C=O) groups is 2. The Morgan fingerprint density at radius 1 is 1.32 bits per heavy atom. The number of hydrogen-bond donors (Lipinski definition) is 2. The van der Waals surface area contributed by atoms with Gasteiger partial charge in [-0.05, 0) is 12.1 Å². The number of ether oxygens (including phenoxy) is 1. The molecule has 104 valence electrons. The van der Waals surface area contributed by atoms with Gasteiger partial charge in [0.1, 0.15) is 6.54 Å². The summed E-state index contributed by atoms with van der Waals surface area (Å²) in [5.74, 6) is -1.36. The van der Waals surface area contributed by atoms with E-state index in [0.29, 0.717) is 4.31 Å². The van der Waals surface area contributed by atoms with Crippen molar-refractivity contribution in [2.24, 2.45) is 0 Å². The van der Waals surface area contributed by atoms with Gasteiger partial charge in [0.05, 0.1) is 12.8 Å². The van der Waals surface area contributed by atoms with Crippen molar-refractivity contribution in [2.75, 3.05) is 18.0 Å². The molecule has 0 bridgehead atoms. The van der Waals surface area contributed by atoms with E-state index in [-0.39, 0.29) is 5.69 Å². The number of benzene rings is 1. The summed E-state index contributed by atoms with van der Waals surface area (Å²) in [6.45, 7) is -0.823. The molecule has 0 aromatic heterocycles. The number of para-hydroxylation sites is 1. The van der Waals surface area contributed by atoms with Crippen molar-refractivity contribution in [3.8, 4) is 0 Å². The van der Waals surface area contributed by atoms with Gasteiger partial charge in [-0.3, -0.25) is 4.79 Å². The molecular weight excluding hydrogens is 276 g/mol. The average Bonchev–Trinajstić information content (AvgIpc) is 2.36. The second kappa shape index (κ2) is 6.05. The molecule has 0 saturated carbocycles. The van der Waals surface area contributed by atoms with Crippen molar-refractivity contribution in [3.63, 3.8) is 0 Å². The normalized spacial score (nSPS) is 10.6. The minimum absolute atomic E-state index is 0.112. The minimum atomic E-state index is -4.35. The third kappa shape index (κ3) is 4.14. The highest BCUT2D eigenvalue weighted by Crippen LogP contribution is 2.16. The molecule has 0 unspecified atom stereocenters. The first-order valence-corrected chi connectivity index (χ1v) is 6.46. The van der Waals surface area contributed by atoms with E-state index < -0.39 is 28.8 Å². The molecule has 9 heteroatoms. The van der Waals surface area contributed by atoms with E-state index in [9.17, 15) is 18.0 Å². The molecule has 0 aliphatic rings. The van der Waals surface area contributed by atoms with Crippen LogP contribution in [0.1, 0.15) is 0 Å². The maximum atomic E-state index is 11.9. The molecule has 0 aliphatic carbocycles. The fourth-order valence-corrected chi connectivity index (χ4v) is 2.32. The van der Waals surface area contributed by atoms with E-state index in [1.54, 1.807) is 10.8 Å². The summed E-state index contributed by atoms with van der Waals surface area (Å²) in [6.07, 6.45) is -1.20. The summed E-state index contributed by atoms with van der Waals surface area (Å²) >= 11 is 0. The fourth-order valence-electron chi connectivity index (χ4n) is 1.23. The number of carboxylic acids is 1. The standard InChI is InChI=1S/C10H12N2O6S/c1-18-10(15)11-19(16,17)12(7-9(13)14)8-5-3-2-4-6-8/h2-6H,7H2,1H3,(H,11,15)(H,13,14). The second-order valence-electron chi connectivity index (χ2n) is 3.33. The third-order valence-electron chi connectivity index (χ3n) is 2.01. The Labute approximate surface area is 109 Å². The van der Waals surface area contributed by atoms with Crippen LogP contribution in [-0.2, 0) is 19.7 Å². The maximum Gasteiger partial charge on any atom is 0.422 e. The van der Waals surface area contributed by atoms with Gasteiger partial charge >= 0.3 is 22.3 Å². The highest BCUT2D eigenvalue weighted by molar-refractivity contribution is 7.91. The Morgan fingerprint density at radius 3 is 2.37 bits per heavy atom. The molecule has 0 aliphatic heterocycles. The highest BCUT2D eigenvalue weighted by atomic mass is 32.2. The quantitative estimate of drug-likeness (QED) is 0.799. The zero-order valence-corrected chi connectivity index (χ0v) is 10.8. The van der Waals surface area contributed by atoms with E-state index in [0.717, 1.165) is 7.11 Å². The molecule has 1 rings (SSSR count). The molecule has 0 atom stereocenters. The van der Waals surface area contributed by atoms with Gasteiger partial charge in [0.25, 0.3) is 0 Å². The van der Waals surface area contributed by atoms with E-state index in [4.69, 9.17) is 5.11 Å². The summed E-state index contributed by atoms with van der Waals surface area (Å²) in [5, 5.41) is 8.75. The second-order valence-corrected chi connectivity index (χ2v) is 4.93. The van der Waals surface area contributed by atoms with Gasteiger partial charge in [-0.2, -0.15) is 8.42 Å². The molecule has 1 aromatic carbocycles. The van der Waals surface area contributed by atoms with Crippen molar-refractivity contribution in [1.29, 1.82) is 0 Å². The lowest BCUT2D eigenvalue weighted by molar-refractivity contribution is -0.135. The first kappa shape index (κ1) is 14.8. The van der Waals surface area contributed by atoms with Crippen molar-refractivity contribution < 1.29 is 27.9 Å². The van der Waals surface area contributed by atoms with Crippen LogP contribution < -0.4 is 9.03 Å². The van der Waals surface area contributed by atoms with Crippen molar-refractivity contribution in [2.45, 2.75) is 0 Å². The predicted octanol–water partition coefficient (Wildman–Crippen LogP) is 0.178. The van der Waals surface area contributed by atoms with Crippen LogP contribution in [0.3, 0.4) is 0 Å². The molecule has 0 spiro atoms. The smallest absolute Gasteiger partial charge is 0.422 e.